The second-order valence-electron chi connectivity index (χ2n) is 6.10. The minimum Gasteiger partial charge on any atom is -0.490 e. The zero-order valence-electron chi connectivity index (χ0n) is 15.3. The van der Waals surface area contributed by atoms with Gasteiger partial charge in [-0.1, -0.05) is 35.3 Å². The van der Waals surface area contributed by atoms with Gasteiger partial charge in [-0.3, -0.25) is 0 Å². The van der Waals surface area contributed by atoms with E-state index in [0.29, 0.717) is 41.3 Å². The third-order valence-corrected chi connectivity index (χ3v) is 4.65. The van der Waals surface area contributed by atoms with Gasteiger partial charge in [-0.15, -0.1) is 0 Å². The van der Waals surface area contributed by atoms with Crippen LogP contribution in [0.1, 0.15) is 18.1 Å². The van der Waals surface area contributed by atoms with Crippen molar-refractivity contribution in [1.29, 1.82) is 0 Å². The van der Waals surface area contributed by atoms with Crippen LogP contribution in [-0.2, 0) is 13.2 Å². The molecule has 0 bridgehead atoms. The fraction of sp³-hybridized carbons (Fsp3) is 0.182. The first-order valence-corrected chi connectivity index (χ1v) is 9.62. The topological polar surface area (TPSA) is 30.5 Å². The Kier molecular flexibility index (Phi) is 7.01. The minimum atomic E-state index is -0.274. The lowest BCUT2D eigenvalue weighted by Crippen LogP contribution is -2.04. The lowest BCUT2D eigenvalue weighted by molar-refractivity contribution is 0.269. The molecule has 1 N–H and O–H groups in total. The van der Waals surface area contributed by atoms with E-state index in [4.69, 9.17) is 32.7 Å². The van der Waals surface area contributed by atoms with Gasteiger partial charge in [-0.25, -0.2) is 4.39 Å². The largest absolute Gasteiger partial charge is 0.490 e. The Bertz CT molecular complexity index is 915. The van der Waals surface area contributed by atoms with E-state index in [1.54, 1.807) is 18.2 Å². The van der Waals surface area contributed by atoms with Gasteiger partial charge in [-0.05, 0) is 60.5 Å². The SMILES string of the molecule is CCOc1cc(CNc2ccc(F)cc2)c(Cl)cc1OCc1ccc(Cl)cc1. The number of hydrogen-bond donors (Lipinski definition) is 1. The van der Waals surface area contributed by atoms with Crippen molar-refractivity contribution in [1.82, 2.24) is 0 Å². The number of halogens is 3. The van der Waals surface area contributed by atoms with Crippen LogP contribution in [0.3, 0.4) is 0 Å². The van der Waals surface area contributed by atoms with E-state index in [1.165, 1.54) is 12.1 Å². The van der Waals surface area contributed by atoms with E-state index in [-0.39, 0.29) is 5.82 Å². The van der Waals surface area contributed by atoms with Crippen molar-refractivity contribution in [2.75, 3.05) is 11.9 Å². The number of benzene rings is 3. The van der Waals surface area contributed by atoms with Gasteiger partial charge in [0.05, 0.1) is 6.61 Å². The molecule has 0 aromatic heterocycles. The molecule has 0 aliphatic carbocycles. The van der Waals surface area contributed by atoms with Crippen LogP contribution in [0.4, 0.5) is 10.1 Å². The Labute approximate surface area is 174 Å². The van der Waals surface area contributed by atoms with Crippen molar-refractivity contribution < 1.29 is 13.9 Å². The van der Waals surface area contributed by atoms with Crippen molar-refractivity contribution in [3.8, 4) is 11.5 Å². The molecule has 146 valence electrons. The number of rotatable bonds is 8. The van der Waals surface area contributed by atoms with Crippen molar-refractivity contribution in [2.45, 2.75) is 20.1 Å². The molecule has 0 aliphatic rings. The van der Waals surface area contributed by atoms with Gasteiger partial charge in [0.15, 0.2) is 11.5 Å². The van der Waals surface area contributed by atoms with Gasteiger partial charge in [0, 0.05) is 28.3 Å². The van der Waals surface area contributed by atoms with Crippen molar-refractivity contribution in [3.05, 3.63) is 87.7 Å². The molecule has 3 aromatic rings. The molecule has 0 spiro atoms. The molecule has 0 saturated heterocycles. The van der Waals surface area contributed by atoms with E-state index in [0.717, 1.165) is 16.8 Å². The van der Waals surface area contributed by atoms with Crippen LogP contribution in [-0.4, -0.2) is 6.61 Å². The highest BCUT2D eigenvalue weighted by atomic mass is 35.5. The summed E-state index contributed by atoms with van der Waals surface area (Å²) in [5.74, 6) is 0.925. The first kappa shape index (κ1) is 20.3. The summed E-state index contributed by atoms with van der Waals surface area (Å²) in [6.07, 6.45) is 0. The Morgan fingerprint density at radius 1 is 0.893 bits per heavy atom. The summed E-state index contributed by atoms with van der Waals surface area (Å²) in [7, 11) is 0. The van der Waals surface area contributed by atoms with Gasteiger partial charge in [0.2, 0.25) is 0 Å². The first-order valence-electron chi connectivity index (χ1n) is 8.87. The molecule has 3 rings (SSSR count). The van der Waals surface area contributed by atoms with Crippen LogP contribution in [0.25, 0.3) is 0 Å². The number of ether oxygens (including phenoxy) is 2. The molecule has 0 heterocycles. The molecular formula is C22H20Cl2FNO2. The Balaban J connectivity index is 1.72. The minimum absolute atomic E-state index is 0.274. The van der Waals surface area contributed by atoms with Crippen molar-refractivity contribution >= 4 is 28.9 Å². The average Bonchev–Trinajstić information content (AvgIpc) is 2.69. The fourth-order valence-electron chi connectivity index (χ4n) is 2.60. The number of anilines is 1. The maximum absolute atomic E-state index is 13.0. The fourth-order valence-corrected chi connectivity index (χ4v) is 2.95. The Morgan fingerprint density at radius 3 is 2.25 bits per heavy atom. The predicted molar refractivity (Wildman–Crippen MR) is 112 cm³/mol. The molecule has 0 aliphatic heterocycles. The lowest BCUT2D eigenvalue weighted by Gasteiger charge is -2.16. The van der Waals surface area contributed by atoms with Crippen LogP contribution in [0.15, 0.2) is 60.7 Å². The maximum Gasteiger partial charge on any atom is 0.163 e. The smallest absolute Gasteiger partial charge is 0.163 e. The predicted octanol–water partition coefficient (Wildman–Crippen LogP) is 6.72. The molecule has 28 heavy (non-hydrogen) atoms. The van der Waals surface area contributed by atoms with Gasteiger partial charge in [-0.2, -0.15) is 0 Å². The molecule has 3 aromatic carbocycles. The molecule has 6 heteroatoms. The van der Waals surface area contributed by atoms with Crippen molar-refractivity contribution in [2.24, 2.45) is 0 Å². The van der Waals surface area contributed by atoms with E-state index in [1.807, 2.05) is 37.3 Å². The highest BCUT2D eigenvalue weighted by Gasteiger charge is 2.12. The highest BCUT2D eigenvalue weighted by Crippen LogP contribution is 2.34. The molecule has 0 amide bonds. The van der Waals surface area contributed by atoms with E-state index >= 15 is 0 Å². The van der Waals surface area contributed by atoms with E-state index in [9.17, 15) is 4.39 Å². The van der Waals surface area contributed by atoms with Crippen LogP contribution in [0.5, 0.6) is 11.5 Å². The Morgan fingerprint density at radius 2 is 1.57 bits per heavy atom. The Hall–Kier alpha value is -2.43. The molecule has 3 nitrogen and oxygen atoms in total. The standard InChI is InChI=1S/C22H20Cl2FNO2/c1-2-27-21-11-16(13-26-19-9-7-18(25)8-10-19)20(24)12-22(21)28-14-15-3-5-17(23)6-4-15/h3-12,26H,2,13-14H2,1H3. The maximum atomic E-state index is 13.0. The third kappa shape index (κ3) is 5.54. The first-order chi connectivity index (χ1) is 13.5. The second kappa shape index (κ2) is 9.67. The average molecular weight is 420 g/mol. The van der Waals surface area contributed by atoms with Crippen LogP contribution in [0, 0.1) is 5.82 Å². The van der Waals surface area contributed by atoms with E-state index in [2.05, 4.69) is 5.32 Å². The van der Waals surface area contributed by atoms with Crippen LogP contribution >= 0.6 is 23.2 Å². The van der Waals surface area contributed by atoms with Crippen LogP contribution < -0.4 is 14.8 Å². The zero-order chi connectivity index (χ0) is 19.9. The van der Waals surface area contributed by atoms with E-state index < -0.39 is 0 Å². The monoisotopic (exact) mass is 419 g/mol. The van der Waals surface area contributed by atoms with Gasteiger partial charge in [0.25, 0.3) is 0 Å². The third-order valence-electron chi connectivity index (χ3n) is 4.05. The summed E-state index contributed by atoms with van der Waals surface area (Å²) >= 11 is 12.4. The second-order valence-corrected chi connectivity index (χ2v) is 6.94. The number of hydrogen-bond acceptors (Lipinski definition) is 3. The quantitative estimate of drug-likeness (QED) is 0.439. The molecule has 0 radical (unpaired) electrons. The molecule has 0 unspecified atom stereocenters. The van der Waals surface area contributed by atoms with Gasteiger partial charge < -0.3 is 14.8 Å². The lowest BCUT2D eigenvalue weighted by atomic mass is 10.2. The molecular weight excluding hydrogens is 400 g/mol. The summed E-state index contributed by atoms with van der Waals surface area (Å²) in [4.78, 5) is 0. The summed E-state index contributed by atoms with van der Waals surface area (Å²) in [5, 5.41) is 4.46. The van der Waals surface area contributed by atoms with Gasteiger partial charge in [0.1, 0.15) is 12.4 Å². The van der Waals surface area contributed by atoms with Crippen LogP contribution in [0.2, 0.25) is 10.0 Å². The number of nitrogens with one attached hydrogen (secondary N) is 1. The molecule has 0 atom stereocenters. The molecule has 0 saturated carbocycles. The normalized spacial score (nSPS) is 10.6. The highest BCUT2D eigenvalue weighted by molar-refractivity contribution is 6.31. The summed E-state index contributed by atoms with van der Waals surface area (Å²) in [6, 6.07) is 17.2. The summed E-state index contributed by atoms with van der Waals surface area (Å²) < 4.78 is 24.7. The summed E-state index contributed by atoms with van der Waals surface area (Å²) in [6.45, 7) is 3.26. The van der Waals surface area contributed by atoms with Gasteiger partial charge >= 0.3 is 0 Å². The summed E-state index contributed by atoms with van der Waals surface area (Å²) in [5.41, 5.74) is 2.65. The molecule has 0 fully saturated rings. The van der Waals surface area contributed by atoms with Crippen molar-refractivity contribution in [3.63, 3.8) is 0 Å². The zero-order valence-corrected chi connectivity index (χ0v) is 16.9.